The number of aromatic nitrogens is 4. The van der Waals surface area contributed by atoms with Gasteiger partial charge in [-0.25, -0.2) is 27.2 Å². The van der Waals surface area contributed by atoms with Gasteiger partial charge < -0.3 is 19.7 Å². The van der Waals surface area contributed by atoms with Crippen LogP contribution < -0.4 is 15.0 Å². The number of nitrogens with one attached hydrogen (secondary N) is 2. The van der Waals surface area contributed by atoms with Crippen molar-refractivity contribution in [2.75, 3.05) is 43.6 Å². The molecule has 1 unspecified atom stereocenters. The molecule has 0 saturated carbocycles. The topological polar surface area (TPSA) is 165 Å². The van der Waals surface area contributed by atoms with Crippen molar-refractivity contribution < 1.29 is 36.0 Å². The Morgan fingerprint density at radius 3 is 2.57 bits per heavy atom. The molecule has 0 radical (unpaired) electrons. The number of alkyl halides is 1. The molecule has 1 fully saturated rings. The Hall–Kier alpha value is -4.42. The molecule has 1 atom stereocenters. The van der Waals surface area contributed by atoms with E-state index >= 15 is 8.78 Å². The summed E-state index contributed by atoms with van der Waals surface area (Å²) in [5.74, 6) is -1.30. The largest absolute Gasteiger partial charge is 0.490 e. The number of hydrogen-bond donors (Lipinski definition) is 2. The van der Waals surface area contributed by atoms with E-state index in [1.165, 1.54) is 7.11 Å². The molecule has 2 aromatic carbocycles. The SMILES string of the molecule is COc1c(Nc2cc(C)[nH]n2)nc(Sc2ccc(S(=O)(=O)C(F)c3cccc([N+](=O)[O-])c3F)cc2F)nc1N1CCOCC1. The standard InChI is InChI=1S/C26H24F3N7O6S2/c1-14-12-20(34-33-14)30-24-22(41-2)25(35-8-10-42-11-9-35)32-26(31-24)43-19-7-6-15(13-17(19)27)44(39,40)23(29)16-4-3-5-18(21(16)28)36(37)38/h3-7,12-13,23H,8-11H2,1-2H3,(H2,30,31,32,33,34). The lowest BCUT2D eigenvalue weighted by molar-refractivity contribution is -0.387. The van der Waals surface area contributed by atoms with Crippen LogP contribution in [0.3, 0.4) is 0 Å². The van der Waals surface area contributed by atoms with Gasteiger partial charge in [0.05, 0.1) is 35.0 Å². The van der Waals surface area contributed by atoms with Crippen LogP contribution in [0.2, 0.25) is 0 Å². The number of ether oxygens (including phenoxy) is 2. The third-order valence-electron chi connectivity index (χ3n) is 6.45. The number of nitro groups is 1. The lowest BCUT2D eigenvalue weighted by Crippen LogP contribution is -2.37. The number of methoxy groups -OCH3 is 1. The van der Waals surface area contributed by atoms with Crippen molar-refractivity contribution in [3.05, 3.63) is 75.5 Å². The molecule has 18 heteroatoms. The molecule has 13 nitrogen and oxygen atoms in total. The zero-order valence-corrected chi connectivity index (χ0v) is 24.7. The summed E-state index contributed by atoms with van der Waals surface area (Å²) >= 11 is 0.771. The van der Waals surface area contributed by atoms with E-state index < -0.39 is 48.0 Å². The number of H-pyrrole nitrogens is 1. The minimum absolute atomic E-state index is 0.0681. The van der Waals surface area contributed by atoms with Crippen LogP contribution in [0.1, 0.15) is 16.8 Å². The van der Waals surface area contributed by atoms with Crippen LogP contribution >= 0.6 is 11.8 Å². The molecule has 44 heavy (non-hydrogen) atoms. The lowest BCUT2D eigenvalue weighted by Gasteiger charge is -2.29. The number of nitrogens with zero attached hydrogens (tertiary/aromatic N) is 5. The van der Waals surface area contributed by atoms with Gasteiger partial charge in [0.2, 0.25) is 26.9 Å². The summed E-state index contributed by atoms with van der Waals surface area (Å²) < 4.78 is 82.0. The first kappa shape index (κ1) is 31.0. The zero-order chi connectivity index (χ0) is 31.6. The van der Waals surface area contributed by atoms with Crippen molar-refractivity contribution in [3.8, 4) is 5.75 Å². The number of halogens is 3. The van der Waals surface area contributed by atoms with Gasteiger partial charge in [0, 0.05) is 36.5 Å². The fraction of sp³-hybridized carbons (Fsp3) is 0.269. The fourth-order valence-corrected chi connectivity index (χ4v) is 6.35. The van der Waals surface area contributed by atoms with Gasteiger partial charge in [-0.3, -0.25) is 15.2 Å². The van der Waals surface area contributed by atoms with Crippen LogP contribution in [0, 0.1) is 28.7 Å². The minimum Gasteiger partial charge on any atom is -0.490 e. The van der Waals surface area contributed by atoms with E-state index in [9.17, 15) is 22.9 Å². The van der Waals surface area contributed by atoms with E-state index in [-0.39, 0.29) is 15.9 Å². The zero-order valence-electron chi connectivity index (χ0n) is 23.1. The third-order valence-corrected chi connectivity index (χ3v) is 9.08. The van der Waals surface area contributed by atoms with Gasteiger partial charge in [-0.2, -0.15) is 9.49 Å². The molecule has 2 N–H and O–H groups in total. The second-order valence-electron chi connectivity index (χ2n) is 9.37. The Morgan fingerprint density at radius 1 is 1.18 bits per heavy atom. The predicted molar refractivity (Wildman–Crippen MR) is 153 cm³/mol. The first-order valence-electron chi connectivity index (χ1n) is 12.9. The average Bonchev–Trinajstić information content (AvgIpc) is 3.42. The molecule has 0 spiro atoms. The van der Waals surface area contributed by atoms with E-state index in [0.29, 0.717) is 49.8 Å². The molecular formula is C26H24F3N7O6S2. The van der Waals surface area contributed by atoms with Crippen LogP contribution in [0.25, 0.3) is 0 Å². The van der Waals surface area contributed by atoms with E-state index in [0.717, 1.165) is 47.8 Å². The fourth-order valence-electron chi connectivity index (χ4n) is 4.31. The van der Waals surface area contributed by atoms with Gasteiger partial charge in [0.1, 0.15) is 5.82 Å². The number of benzene rings is 2. The maximum absolute atomic E-state index is 15.3. The minimum atomic E-state index is -5.00. The van der Waals surface area contributed by atoms with Crippen LogP contribution in [-0.2, 0) is 14.6 Å². The highest BCUT2D eigenvalue weighted by Gasteiger charge is 2.34. The summed E-state index contributed by atoms with van der Waals surface area (Å²) in [4.78, 5) is 20.0. The van der Waals surface area contributed by atoms with Crippen molar-refractivity contribution in [1.29, 1.82) is 0 Å². The number of hydrogen-bond acceptors (Lipinski definition) is 12. The summed E-state index contributed by atoms with van der Waals surface area (Å²) in [6.07, 6.45) is 0. The Morgan fingerprint density at radius 2 is 1.93 bits per heavy atom. The second-order valence-corrected chi connectivity index (χ2v) is 12.3. The van der Waals surface area contributed by atoms with E-state index in [1.54, 1.807) is 6.07 Å². The third kappa shape index (κ3) is 6.27. The van der Waals surface area contributed by atoms with Gasteiger partial charge in [-0.15, -0.1) is 0 Å². The molecule has 0 aliphatic carbocycles. The Bertz CT molecular complexity index is 1820. The van der Waals surface area contributed by atoms with Gasteiger partial charge >= 0.3 is 5.69 Å². The monoisotopic (exact) mass is 651 g/mol. The van der Waals surface area contributed by atoms with Gasteiger partial charge in [-0.1, -0.05) is 12.1 Å². The highest BCUT2D eigenvalue weighted by molar-refractivity contribution is 7.99. The van der Waals surface area contributed by atoms with E-state index in [4.69, 9.17) is 9.47 Å². The lowest BCUT2D eigenvalue weighted by atomic mass is 10.2. The molecule has 5 rings (SSSR count). The number of morpholine rings is 1. The number of rotatable bonds is 10. The summed E-state index contributed by atoms with van der Waals surface area (Å²) in [6, 6.07) is 6.85. The molecule has 0 bridgehead atoms. The molecule has 232 valence electrons. The van der Waals surface area contributed by atoms with Crippen molar-refractivity contribution in [3.63, 3.8) is 0 Å². The van der Waals surface area contributed by atoms with Crippen molar-refractivity contribution >= 4 is 44.7 Å². The van der Waals surface area contributed by atoms with Gasteiger partial charge in [-0.05, 0) is 36.9 Å². The number of sulfone groups is 1. The number of aryl methyl sites for hydroxylation is 1. The summed E-state index contributed by atoms with van der Waals surface area (Å²) in [5, 5.41) is 21.1. The number of aromatic amines is 1. The molecule has 0 amide bonds. The predicted octanol–water partition coefficient (Wildman–Crippen LogP) is 4.88. The smallest absolute Gasteiger partial charge is 0.305 e. The van der Waals surface area contributed by atoms with Crippen LogP contribution in [-0.4, -0.2) is 66.9 Å². The second kappa shape index (κ2) is 12.7. The molecule has 2 aromatic heterocycles. The Kier molecular flexibility index (Phi) is 8.93. The van der Waals surface area contributed by atoms with Crippen LogP contribution in [0.15, 0.2) is 57.4 Å². The maximum atomic E-state index is 15.3. The first-order chi connectivity index (χ1) is 21.0. The van der Waals surface area contributed by atoms with Crippen molar-refractivity contribution in [2.24, 2.45) is 0 Å². The Balaban J connectivity index is 1.48. The first-order valence-corrected chi connectivity index (χ1v) is 15.2. The molecule has 1 saturated heterocycles. The quantitative estimate of drug-likeness (QED) is 0.136. The van der Waals surface area contributed by atoms with Crippen LogP contribution in [0.4, 0.5) is 36.3 Å². The summed E-state index contributed by atoms with van der Waals surface area (Å²) in [7, 11) is -3.55. The highest BCUT2D eigenvalue weighted by Crippen LogP contribution is 2.40. The molecule has 3 heterocycles. The number of nitro benzene ring substituents is 1. The summed E-state index contributed by atoms with van der Waals surface area (Å²) in [6.45, 7) is 3.69. The molecule has 1 aliphatic heterocycles. The normalized spacial score (nSPS) is 14.3. The number of anilines is 3. The summed E-state index contributed by atoms with van der Waals surface area (Å²) in [5.41, 5.74) is -4.40. The average molecular weight is 652 g/mol. The molecular weight excluding hydrogens is 627 g/mol. The van der Waals surface area contributed by atoms with Crippen molar-refractivity contribution in [1.82, 2.24) is 20.2 Å². The molecule has 1 aliphatic rings. The Labute approximate surface area is 252 Å². The van der Waals surface area contributed by atoms with Gasteiger partial charge in [0.25, 0.3) is 0 Å². The van der Waals surface area contributed by atoms with E-state index in [1.807, 2.05) is 11.8 Å². The highest BCUT2D eigenvalue weighted by atomic mass is 32.2. The van der Waals surface area contributed by atoms with Crippen molar-refractivity contribution in [2.45, 2.75) is 27.4 Å². The maximum Gasteiger partial charge on any atom is 0.305 e. The molecule has 4 aromatic rings. The van der Waals surface area contributed by atoms with Gasteiger partial charge in [0.15, 0.2) is 22.6 Å². The van der Waals surface area contributed by atoms with E-state index in [2.05, 4.69) is 25.5 Å². The van der Waals surface area contributed by atoms with Crippen LogP contribution in [0.5, 0.6) is 5.75 Å².